The van der Waals surface area contributed by atoms with Crippen molar-refractivity contribution in [2.24, 2.45) is 11.8 Å². The van der Waals surface area contributed by atoms with Crippen molar-refractivity contribution in [2.75, 3.05) is 0 Å². The van der Waals surface area contributed by atoms with Gasteiger partial charge in [0.1, 0.15) is 0 Å². The lowest BCUT2D eigenvalue weighted by atomic mass is 9.92. The highest BCUT2D eigenvalue weighted by atomic mass is 14.1. The molecule has 0 aromatic heterocycles. The molecule has 0 rings (SSSR count). The first kappa shape index (κ1) is 11.0. The van der Waals surface area contributed by atoms with E-state index in [0.29, 0.717) is 0 Å². The van der Waals surface area contributed by atoms with Crippen LogP contribution in [0.1, 0.15) is 46.0 Å². The molecule has 2 radical (unpaired) electrons. The van der Waals surface area contributed by atoms with Crippen molar-refractivity contribution in [2.45, 2.75) is 46.0 Å². The van der Waals surface area contributed by atoms with E-state index in [0.717, 1.165) is 24.7 Å². The summed E-state index contributed by atoms with van der Waals surface area (Å²) in [6, 6.07) is 0. The number of hydrogen-bond acceptors (Lipinski definition) is 0. The maximum absolute atomic E-state index is 3.91. The Morgan fingerprint density at radius 2 is 1.73 bits per heavy atom. The first-order valence-electron chi connectivity index (χ1n) is 4.79. The van der Waals surface area contributed by atoms with E-state index < -0.39 is 0 Å². The molecule has 0 heteroatoms. The molecule has 0 aliphatic heterocycles. The lowest BCUT2D eigenvalue weighted by Gasteiger charge is -2.14. The van der Waals surface area contributed by atoms with Gasteiger partial charge in [0.2, 0.25) is 0 Å². The second-order valence-electron chi connectivity index (χ2n) is 3.73. The van der Waals surface area contributed by atoms with Gasteiger partial charge in [-0.2, -0.15) is 0 Å². The van der Waals surface area contributed by atoms with Gasteiger partial charge in [-0.05, 0) is 18.3 Å². The maximum Gasteiger partial charge on any atom is -0.0440 e. The van der Waals surface area contributed by atoms with Gasteiger partial charge in [0, 0.05) is 0 Å². The molecule has 0 aromatic carbocycles. The van der Waals surface area contributed by atoms with Crippen molar-refractivity contribution in [1.82, 2.24) is 0 Å². The zero-order chi connectivity index (χ0) is 8.69. The van der Waals surface area contributed by atoms with Crippen molar-refractivity contribution in [3.8, 4) is 0 Å². The van der Waals surface area contributed by atoms with E-state index in [-0.39, 0.29) is 0 Å². The Morgan fingerprint density at radius 3 is 2.18 bits per heavy atom. The Labute approximate surface area is 72.4 Å². The SMILES string of the molecule is [CH2]CCCC(C)CC(C)C[CH2]. The third-order valence-corrected chi connectivity index (χ3v) is 2.24. The van der Waals surface area contributed by atoms with Crippen LogP contribution in [0.5, 0.6) is 0 Å². The number of hydrogen-bond donors (Lipinski definition) is 0. The van der Waals surface area contributed by atoms with Crippen LogP contribution in [0.15, 0.2) is 0 Å². The number of unbranched alkanes of at least 4 members (excludes halogenated alkanes) is 1. The zero-order valence-corrected chi connectivity index (χ0v) is 8.10. The highest BCUT2D eigenvalue weighted by Gasteiger charge is 2.05. The van der Waals surface area contributed by atoms with Crippen LogP contribution in [0, 0.1) is 25.7 Å². The van der Waals surface area contributed by atoms with Crippen molar-refractivity contribution in [3.63, 3.8) is 0 Å². The summed E-state index contributed by atoms with van der Waals surface area (Å²) in [6.45, 7) is 12.4. The van der Waals surface area contributed by atoms with E-state index in [2.05, 4.69) is 27.7 Å². The molecule has 2 unspecified atom stereocenters. The summed E-state index contributed by atoms with van der Waals surface area (Å²) in [5.74, 6) is 1.67. The Bertz CT molecular complexity index is 76.1. The fourth-order valence-electron chi connectivity index (χ4n) is 1.42. The van der Waals surface area contributed by atoms with Gasteiger partial charge in [-0.25, -0.2) is 0 Å². The van der Waals surface area contributed by atoms with Crippen molar-refractivity contribution in [3.05, 3.63) is 13.8 Å². The molecule has 2 atom stereocenters. The minimum Gasteiger partial charge on any atom is -0.0625 e. The summed E-state index contributed by atoms with van der Waals surface area (Å²) in [7, 11) is 0. The van der Waals surface area contributed by atoms with Crippen molar-refractivity contribution in [1.29, 1.82) is 0 Å². The quantitative estimate of drug-likeness (QED) is 0.544. The van der Waals surface area contributed by atoms with Gasteiger partial charge in [-0.3, -0.25) is 0 Å². The molecule has 0 heterocycles. The Kier molecular flexibility index (Phi) is 6.69. The molecule has 0 aliphatic rings. The lowest BCUT2D eigenvalue weighted by molar-refractivity contribution is 0.389. The summed E-state index contributed by atoms with van der Waals surface area (Å²) in [5, 5.41) is 0. The summed E-state index contributed by atoms with van der Waals surface area (Å²) in [4.78, 5) is 0. The smallest absolute Gasteiger partial charge is 0.0440 e. The molecule has 0 N–H and O–H groups in total. The Hall–Kier alpha value is 0. The molecule has 0 nitrogen and oxygen atoms in total. The highest BCUT2D eigenvalue weighted by Crippen LogP contribution is 2.18. The summed E-state index contributed by atoms with van der Waals surface area (Å²) >= 11 is 0. The normalized spacial score (nSPS) is 16.4. The van der Waals surface area contributed by atoms with Crippen LogP contribution in [-0.2, 0) is 0 Å². The molecule has 0 bridgehead atoms. The van der Waals surface area contributed by atoms with Gasteiger partial charge < -0.3 is 0 Å². The second kappa shape index (κ2) is 6.69. The van der Waals surface area contributed by atoms with Gasteiger partial charge in [-0.1, -0.05) is 53.4 Å². The molecular weight excluding hydrogens is 132 g/mol. The lowest BCUT2D eigenvalue weighted by Crippen LogP contribution is -2.01. The minimum atomic E-state index is 0.801. The third-order valence-electron chi connectivity index (χ3n) is 2.24. The van der Waals surface area contributed by atoms with E-state index >= 15 is 0 Å². The monoisotopic (exact) mass is 154 g/mol. The standard InChI is InChI=1S/C11H22/c1-5-7-8-11(4)9-10(3)6-2/h10-11H,1-2,5-9H2,3-4H3. The first-order valence-corrected chi connectivity index (χ1v) is 4.79. The predicted octanol–water partition coefficient (Wildman–Crippen LogP) is 3.88. The van der Waals surface area contributed by atoms with Crippen LogP contribution in [0.25, 0.3) is 0 Å². The molecule has 11 heavy (non-hydrogen) atoms. The van der Waals surface area contributed by atoms with E-state index in [1.54, 1.807) is 0 Å². The van der Waals surface area contributed by atoms with E-state index in [1.807, 2.05) is 0 Å². The van der Waals surface area contributed by atoms with Gasteiger partial charge in [-0.15, -0.1) is 0 Å². The molecule has 0 saturated heterocycles. The molecule has 0 aromatic rings. The zero-order valence-electron chi connectivity index (χ0n) is 8.10. The molecule has 0 saturated carbocycles. The molecule has 0 amide bonds. The Balaban J connectivity index is 3.27. The predicted molar refractivity (Wildman–Crippen MR) is 52.1 cm³/mol. The van der Waals surface area contributed by atoms with Crippen molar-refractivity contribution >= 4 is 0 Å². The third kappa shape index (κ3) is 6.40. The summed E-state index contributed by atoms with van der Waals surface area (Å²) in [5.41, 5.74) is 0. The van der Waals surface area contributed by atoms with Crippen LogP contribution in [0.2, 0.25) is 0 Å². The topological polar surface area (TPSA) is 0 Å². The highest BCUT2D eigenvalue weighted by molar-refractivity contribution is 4.61. The minimum absolute atomic E-state index is 0.801. The van der Waals surface area contributed by atoms with E-state index in [9.17, 15) is 0 Å². The molecule has 0 spiro atoms. The second-order valence-corrected chi connectivity index (χ2v) is 3.73. The van der Waals surface area contributed by atoms with Crippen LogP contribution in [-0.4, -0.2) is 0 Å². The average molecular weight is 154 g/mol. The van der Waals surface area contributed by atoms with Gasteiger partial charge >= 0.3 is 0 Å². The number of rotatable bonds is 6. The van der Waals surface area contributed by atoms with E-state index in [4.69, 9.17) is 0 Å². The first-order chi connectivity index (χ1) is 5.20. The maximum atomic E-state index is 3.91. The Morgan fingerprint density at radius 1 is 1.09 bits per heavy atom. The van der Waals surface area contributed by atoms with Crippen LogP contribution in [0.4, 0.5) is 0 Å². The summed E-state index contributed by atoms with van der Waals surface area (Å²) in [6.07, 6.45) is 6.13. The van der Waals surface area contributed by atoms with Gasteiger partial charge in [0.05, 0.1) is 0 Å². The average Bonchev–Trinajstić information content (AvgIpc) is 2.00. The largest absolute Gasteiger partial charge is 0.0625 e. The van der Waals surface area contributed by atoms with Gasteiger partial charge in [0.15, 0.2) is 0 Å². The van der Waals surface area contributed by atoms with Gasteiger partial charge in [0.25, 0.3) is 0 Å². The molecule has 0 aliphatic carbocycles. The van der Waals surface area contributed by atoms with Crippen molar-refractivity contribution < 1.29 is 0 Å². The molecule has 66 valence electrons. The van der Waals surface area contributed by atoms with Crippen LogP contribution < -0.4 is 0 Å². The van der Waals surface area contributed by atoms with Crippen LogP contribution in [0.3, 0.4) is 0 Å². The van der Waals surface area contributed by atoms with E-state index in [1.165, 1.54) is 19.3 Å². The summed E-state index contributed by atoms with van der Waals surface area (Å²) < 4.78 is 0. The molecular formula is C11H22. The fourth-order valence-corrected chi connectivity index (χ4v) is 1.42. The molecule has 0 fully saturated rings. The van der Waals surface area contributed by atoms with Crippen LogP contribution >= 0.6 is 0 Å². The fraction of sp³-hybridized carbons (Fsp3) is 0.818.